The van der Waals surface area contributed by atoms with Crippen LogP contribution in [0.3, 0.4) is 0 Å². The molecule has 1 aromatic rings. The van der Waals surface area contributed by atoms with Crippen LogP contribution >= 0.6 is 0 Å². The Hall–Kier alpha value is -1.23. The number of phenolic OH excluding ortho intramolecular Hbond substituents is 1. The molecular formula is C10H11F3O2. The van der Waals surface area contributed by atoms with E-state index in [1.807, 2.05) is 0 Å². The first-order valence-corrected chi connectivity index (χ1v) is 4.38. The van der Waals surface area contributed by atoms with E-state index in [1.54, 1.807) is 0 Å². The van der Waals surface area contributed by atoms with E-state index in [0.29, 0.717) is 5.56 Å². The summed E-state index contributed by atoms with van der Waals surface area (Å²) >= 11 is 0. The third-order valence-electron chi connectivity index (χ3n) is 1.90. The molecule has 0 bridgehead atoms. The number of halogens is 3. The molecule has 0 aliphatic heterocycles. The lowest BCUT2D eigenvalue weighted by atomic mass is 10.0. The number of aliphatic hydroxyl groups excluding tert-OH is 1. The van der Waals surface area contributed by atoms with E-state index < -0.39 is 23.6 Å². The lowest BCUT2D eigenvalue weighted by molar-refractivity contribution is -0.138. The average Bonchev–Trinajstić information content (AvgIpc) is 2.05. The summed E-state index contributed by atoms with van der Waals surface area (Å²) < 4.78 is 37.0. The van der Waals surface area contributed by atoms with E-state index in [4.69, 9.17) is 10.2 Å². The largest absolute Gasteiger partial charge is 0.507 e. The molecular weight excluding hydrogens is 209 g/mol. The number of alkyl halides is 3. The molecule has 0 amide bonds. The predicted molar refractivity (Wildman–Crippen MR) is 48.5 cm³/mol. The number of phenols is 1. The second kappa shape index (κ2) is 4.10. The molecule has 0 aliphatic carbocycles. The molecule has 2 nitrogen and oxygen atoms in total. The van der Waals surface area contributed by atoms with Crippen LogP contribution in [0.25, 0.3) is 0 Å². The fourth-order valence-corrected chi connectivity index (χ4v) is 1.28. The molecule has 0 heterocycles. The first-order chi connectivity index (χ1) is 6.80. The van der Waals surface area contributed by atoms with E-state index in [0.717, 1.165) is 12.1 Å². The van der Waals surface area contributed by atoms with Crippen LogP contribution in [0.15, 0.2) is 18.2 Å². The van der Waals surface area contributed by atoms with Gasteiger partial charge in [0.05, 0.1) is 11.7 Å². The van der Waals surface area contributed by atoms with Crippen molar-refractivity contribution < 1.29 is 23.4 Å². The van der Waals surface area contributed by atoms with Crippen LogP contribution in [0, 0.1) is 0 Å². The van der Waals surface area contributed by atoms with Gasteiger partial charge in [0, 0.05) is 0 Å². The van der Waals surface area contributed by atoms with Gasteiger partial charge in [-0.15, -0.1) is 0 Å². The molecule has 1 atom stereocenters. The quantitative estimate of drug-likeness (QED) is 0.803. The average molecular weight is 220 g/mol. The number of aliphatic hydroxyl groups is 1. The molecule has 0 saturated heterocycles. The topological polar surface area (TPSA) is 40.5 Å². The Bertz CT molecular complexity index is 345. The van der Waals surface area contributed by atoms with Gasteiger partial charge >= 0.3 is 6.18 Å². The first-order valence-electron chi connectivity index (χ1n) is 4.38. The zero-order valence-corrected chi connectivity index (χ0v) is 8.04. The lowest BCUT2D eigenvalue weighted by Crippen LogP contribution is -2.08. The monoisotopic (exact) mass is 220 g/mol. The summed E-state index contributed by atoms with van der Waals surface area (Å²) in [6, 6.07) is 3.19. The SMILES string of the molecule is CC(O)Cc1ccc(O)c(C(F)(F)F)c1. The number of hydrogen-bond donors (Lipinski definition) is 2. The number of benzene rings is 1. The van der Waals surface area contributed by atoms with Crippen LogP contribution in [-0.2, 0) is 12.6 Å². The highest BCUT2D eigenvalue weighted by molar-refractivity contribution is 5.38. The van der Waals surface area contributed by atoms with Crippen LogP contribution in [0.4, 0.5) is 13.2 Å². The Labute approximate surface area is 85.0 Å². The van der Waals surface area contributed by atoms with Crippen LogP contribution in [0.2, 0.25) is 0 Å². The molecule has 15 heavy (non-hydrogen) atoms. The molecule has 1 rings (SSSR count). The summed E-state index contributed by atoms with van der Waals surface area (Å²) in [6.45, 7) is 1.49. The Balaban J connectivity index is 3.06. The lowest BCUT2D eigenvalue weighted by Gasteiger charge is -2.11. The van der Waals surface area contributed by atoms with Crippen molar-refractivity contribution in [3.8, 4) is 5.75 Å². The normalized spacial score (nSPS) is 13.9. The predicted octanol–water partition coefficient (Wildman–Crippen LogP) is 2.33. The maximum atomic E-state index is 12.3. The third-order valence-corrected chi connectivity index (χ3v) is 1.90. The van der Waals surface area contributed by atoms with Crippen molar-refractivity contribution in [3.05, 3.63) is 29.3 Å². The molecule has 84 valence electrons. The molecule has 5 heteroatoms. The third kappa shape index (κ3) is 3.13. The van der Waals surface area contributed by atoms with Gasteiger partial charge in [0.2, 0.25) is 0 Å². The van der Waals surface area contributed by atoms with Crippen molar-refractivity contribution in [2.75, 3.05) is 0 Å². The summed E-state index contributed by atoms with van der Waals surface area (Å²) in [7, 11) is 0. The van der Waals surface area contributed by atoms with E-state index in [2.05, 4.69) is 0 Å². The molecule has 0 spiro atoms. The van der Waals surface area contributed by atoms with Crippen LogP contribution in [0.5, 0.6) is 5.75 Å². The molecule has 2 N–H and O–H groups in total. The summed E-state index contributed by atoms with van der Waals surface area (Å²) in [5.74, 6) is -0.795. The molecule has 0 aliphatic rings. The van der Waals surface area contributed by atoms with Gasteiger partial charge in [-0.1, -0.05) is 6.07 Å². The summed E-state index contributed by atoms with van der Waals surface area (Å²) in [4.78, 5) is 0. The maximum Gasteiger partial charge on any atom is 0.419 e. The summed E-state index contributed by atoms with van der Waals surface area (Å²) in [5.41, 5.74) is -0.726. The van der Waals surface area contributed by atoms with Crippen LogP contribution in [-0.4, -0.2) is 16.3 Å². The molecule has 0 saturated carbocycles. The summed E-state index contributed by atoms with van der Waals surface area (Å²) in [5, 5.41) is 18.0. The van der Waals surface area contributed by atoms with Crippen molar-refractivity contribution in [3.63, 3.8) is 0 Å². The first kappa shape index (κ1) is 11.8. The van der Waals surface area contributed by atoms with Gasteiger partial charge in [-0.25, -0.2) is 0 Å². The Morgan fingerprint density at radius 3 is 2.40 bits per heavy atom. The maximum absolute atomic E-state index is 12.3. The molecule has 1 unspecified atom stereocenters. The van der Waals surface area contributed by atoms with E-state index in [9.17, 15) is 13.2 Å². The van der Waals surface area contributed by atoms with Gasteiger partial charge < -0.3 is 10.2 Å². The zero-order valence-electron chi connectivity index (χ0n) is 8.04. The highest BCUT2D eigenvalue weighted by Gasteiger charge is 2.33. The van der Waals surface area contributed by atoms with Gasteiger partial charge in [-0.3, -0.25) is 0 Å². The Kier molecular flexibility index (Phi) is 3.24. The second-order valence-corrected chi connectivity index (χ2v) is 3.40. The number of rotatable bonds is 2. The standard InChI is InChI=1S/C10H11F3O2/c1-6(14)4-7-2-3-9(15)8(5-7)10(11,12)13/h2-3,5-6,14-15H,4H2,1H3. The van der Waals surface area contributed by atoms with Crippen molar-refractivity contribution in [1.82, 2.24) is 0 Å². The minimum Gasteiger partial charge on any atom is -0.507 e. The molecule has 0 radical (unpaired) electrons. The molecule has 0 fully saturated rings. The Morgan fingerprint density at radius 2 is 1.93 bits per heavy atom. The van der Waals surface area contributed by atoms with Gasteiger partial charge in [0.1, 0.15) is 5.75 Å². The van der Waals surface area contributed by atoms with E-state index >= 15 is 0 Å². The smallest absolute Gasteiger partial charge is 0.419 e. The highest BCUT2D eigenvalue weighted by atomic mass is 19.4. The molecule has 1 aromatic carbocycles. The summed E-state index contributed by atoms with van der Waals surface area (Å²) in [6.07, 6.45) is -5.15. The van der Waals surface area contributed by atoms with E-state index in [1.165, 1.54) is 13.0 Å². The minimum absolute atomic E-state index is 0.128. The van der Waals surface area contributed by atoms with E-state index in [-0.39, 0.29) is 6.42 Å². The van der Waals surface area contributed by atoms with Crippen LogP contribution in [0.1, 0.15) is 18.1 Å². The van der Waals surface area contributed by atoms with Crippen molar-refractivity contribution in [2.45, 2.75) is 25.6 Å². The van der Waals surface area contributed by atoms with Crippen molar-refractivity contribution in [2.24, 2.45) is 0 Å². The van der Waals surface area contributed by atoms with Crippen molar-refractivity contribution >= 4 is 0 Å². The fourth-order valence-electron chi connectivity index (χ4n) is 1.28. The van der Waals surface area contributed by atoms with Gasteiger partial charge in [0.25, 0.3) is 0 Å². The molecule has 0 aromatic heterocycles. The van der Waals surface area contributed by atoms with Crippen molar-refractivity contribution in [1.29, 1.82) is 0 Å². The Morgan fingerprint density at radius 1 is 1.33 bits per heavy atom. The highest BCUT2D eigenvalue weighted by Crippen LogP contribution is 2.36. The van der Waals surface area contributed by atoms with Gasteiger partial charge in [-0.05, 0) is 31.0 Å². The zero-order chi connectivity index (χ0) is 11.6. The number of aromatic hydroxyl groups is 1. The fraction of sp³-hybridized carbons (Fsp3) is 0.400. The van der Waals surface area contributed by atoms with Gasteiger partial charge in [0.15, 0.2) is 0 Å². The number of hydrogen-bond acceptors (Lipinski definition) is 2. The second-order valence-electron chi connectivity index (χ2n) is 3.40. The van der Waals surface area contributed by atoms with Crippen LogP contribution < -0.4 is 0 Å². The minimum atomic E-state index is -4.57. The van der Waals surface area contributed by atoms with Gasteiger partial charge in [-0.2, -0.15) is 13.2 Å².